The van der Waals surface area contributed by atoms with E-state index in [1.54, 1.807) is 22.8 Å². The normalized spacial score (nSPS) is 15.3. The molecular formula is C19H19FN4O. The van der Waals surface area contributed by atoms with Crippen molar-refractivity contribution in [3.05, 3.63) is 53.6 Å². The molecule has 1 saturated carbocycles. The number of carbonyl (C=O) groups is 1. The SMILES string of the molecule is Cc1cc(-c2ccc(F)cc2)n2ncc(C(=O)N[C@@H](C)C3CC3)c2n1. The van der Waals surface area contributed by atoms with Gasteiger partial charge in [-0.3, -0.25) is 4.79 Å². The second-order valence-electron chi connectivity index (χ2n) is 6.68. The molecule has 1 fully saturated rings. The Labute approximate surface area is 144 Å². The first-order chi connectivity index (χ1) is 12.0. The molecule has 1 aliphatic carbocycles. The third-order valence-corrected chi connectivity index (χ3v) is 4.67. The Hall–Kier alpha value is -2.76. The Morgan fingerprint density at radius 1 is 1.32 bits per heavy atom. The van der Waals surface area contributed by atoms with Crippen LogP contribution in [0.4, 0.5) is 4.39 Å². The zero-order valence-electron chi connectivity index (χ0n) is 14.2. The Morgan fingerprint density at radius 3 is 2.72 bits per heavy atom. The largest absolute Gasteiger partial charge is 0.349 e. The summed E-state index contributed by atoms with van der Waals surface area (Å²) in [6, 6.07) is 8.24. The van der Waals surface area contributed by atoms with E-state index >= 15 is 0 Å². The molecule has 4 rings (SSSR count). The average molecular weight is 338 g/mol. The summed E-state index contributed by atoms with van der Waals surface area (Å²) in [5.41, 5.74) is 3.34. The highest BCUT2D eigenvalue weighted by atomic mass is 19.1. The van der Waals surface area contributed by atoms with Crippen LogP contribution in [-0.2, 0) is 0 Å². The summed E-state index contributed by atoms with van der Waals surface area (Å²) in [6.07, 6.45) is 3.88. The predicted molar refractivity (Wildman–Crippen MR) is 92.8 cm³/mol. The van der Waals surface area contributed by atoms with Gasteiger partial charge < -0.3 is 5.32 Å². The van der Waals surface area contributed by atoms with Crippen LogP contribution in [-0.4, -0.2) is 26.5 Å². The van der Waals surface area contributed by atoms with E-state index in [2.05, 4.69) is 15.4 Å². The smallest absolute Gasteiger partial charge is 0.256 e. The van der Waals surface area contributed by atoms with E-state index in [1.165, 1.54) is 25.0 Å². The van der Waals surface area contributed by atoms with E-state index in [0.29, 0.717) is 17.1 Å². The van der Waals surface area contributed by atoms with Gasteiger partial charge in [0.15, 0.2) is 5.65 Å². The van der Waals surface area contributed by atoms with Crippen molar-refractivity contribution in [1.29, 1.82) is 0 Å². The fourth-order valence-corrected chi connectivity index (χ4v) is 3.07. The van der Waals surface area contributed by atoms with Crippen LogP contribution >= 0.6 is 0 Å². The number of benzene rings is 1. The van der Waals surface area contributed by atoms with Crippen molar-refractivity contribution in [2.24, 2.45) is 5.92 Å². The maximum atomic E-state index is 13.2. The van der Waals surface area contributed by atoms with Crippen LogP contribution < -0.4 is 5.32 Å². The van der Waals surface area contributed by atoms with Gasteiger partial charge in [0.1, 0.15) is 11.4 Å². The summed E-state index contributed by atoms with van der Waals surface area (Å²) < 4.78 is 14.8. The standard InChI is InChI=1S/C19H19FN4O/c1-11-9-17(14-5-7-15(20)8-6-14)24-18(22-11)16(10-21-24)19(25)23-12(2)13-3-4-13/h5-10,12-13H,3-4H2,1-2H3,(H,23,25)/t12-/m0/s1. The maximum Gasteiger partial charge on any atom is 0.256 e. The molecule has 1 atom stereocenters. The lowest BCUT2D eigenvalue weighted by atomic mass is 10.1. The van der Waals surface area contributed by atoms with Crippen LogP contribution in [0.2, 0.25) is 0 Å². The summed E-state index contributed by atoms with van der Waals surface area (Å²) in [4.78, 5) is 17.1. The topological polar surface area (TPSA) is 59.3 Å². The fraction of sp³-hybridized carbons (Fsp3) is 0.316. The Kier molecular flexibility index (Phi) is 3.75. The molecule has 0 saturated heterocycles. The van der Waals surface area contributed by atoms with E-state index in [4.69, 9.17) is 0 Å². The van der Waals surface area contributed by atoms with Gasteiger partial charge in [-0.2, -0.15) is 5.10 Å². The molecule has 0 radical (unpaired) electrons. The van der Waals surface area contributed by atoms with Crippen molar-refractivity contribution in [3.63, 3.8) is 0 Å². The molecule has 25 heavy (non-hydrogen) atoms. The van der Waals surface area contributed by atoms with Gasteiger partial charge in [-0.05, 0) is 62.9 Å². The number of aryl methyl sites for hydroxylation is 1. The third-order valence-electron chi connectivity index (χ3n) is 4.67. The first kappa shape index (κ1) is 15.7. The van der Waals surface area contributed by atoms with Gasteiger partial charge >= 0.3 is 0 Å². The lowest BCUT2D eigenvalue weighted by Gasteiger charge is -2.12. The zero-order valence-corrected chi connectivity index (χ0v) is 14.2. The van der Waals surface area contributed by atoms with Gasteiger partial charge in [0.05, 0.1) is 11.9 Å². The molecule has 1 aromatic carbocycles. The van der Waals surface area contributed by atoms with Crippen molar-refractivity contribution in [2.75, 3.05) is 0 Å². The number of hydrogen-bond donors (Lipinski definition) is 1. The molecule has 1 N–H and O–H groups in total. The molecule has 5 nitrogen and oxygen atoms in total. The average Bonchev–Trinajstić information content (AvgIpc) is 3.35. The monoisotopic (exact) mass is 338 g/mol. The molecule has 0 bridgehead atoms. The number of amides is 1. The minimum absolute atomic E-state index is 0.155. The van der Waals surface area contributed by atoms with Crippen LogP contribution in [0.3, 0.4) is 0 Å². The van der Waals surface area contributed by atoms with Gasteiger partial charge in [-0.15, -0.1) is 0 Å². The summed E-state index contributed by atoms with van der Waals surface area (Å²) in [7, 11) is 0. The minimum Gasteiger partial charge on any atom is -0.349 e. The van der Waals surface area contributed by atoms with Crippen LogP contribution in [0.5, 0.6) is 0 Å². The van der Waals surface area contributed by atoms with E-state index < -0.39 is 0 Å². The van der Waals surface area contributed by atoms with Crippen LogP contribution in [0, 0.1) is 18.7 Å². The predicted octanol–water partition coefficient (Wildman–Crippen LogP) is 3.37. The number of nitrogens with zero attached hydrogens (tertiary/aromatic N) is 3. The molecule has 0 unspecified atom stereocenters. The summed E-state index contributed by atoms with van der Waals surface area (Å²) in [6.45, 7) is 3.90. The second-order valence-corrected chi connectivity index (χ2v) is 6.68. The molecule has 1 amide bonds. The number of fused-ring (bicyclic) bond motifs is 1. The second kappa shape index (κ2) is 5.95. The van der Waals surface area contributed by atoms with Gasteiger partial charge in [0.25, 0.3) is 5.91 Å². The van der Waals surface area contributed by atoms with Crippen LogP contribution in [0.15, 0.2) is 36.5 Å². The molecular weight excluding hydrogens is 319 g/mol. The highest BCUT2D eigenvalue weighted by molar-refractivity contribution is 6.00. The molecule has 1 aliphatic rings. The van der Waals surface area contributed by atoms with E-state index in [0.717, 1.165) is 17.0 Å². The molecule has 2 heterocycles. The first-order valence-corrected chi connectivity index (χ1v) is 8.45. The summed E-state index contributed by atoms with van der Waals surface area (Å²) in [5, 5.41) is 7.39. The Morgan fingerprint density at radius 2 is 2.04 bits per heavy atom. The quantitative estimate of drug-likeness (QED) is 0.793. The lowest BCUT2D eigenvalue weighted by molar-refractivity contribution is 0.0937. The molecule has 2 aromatic heterocycles. The molecule has 128 valence electrons. The molecule has 0 spiro atoms. The number of carbonyl (C=O) groups excluding carboxylic acids is 1. The molecule has 3 aromatic rings. The van der Waals surface area contributed by atoms with Gasteiger partial charge in [-0.1, -0.05) is 0 Å². The van der Waals surface area contributed by atoms with Gasteiger partial charge in [0.2, 0.25) is 0 Å². The first-order valence-electron chi connectivity index (χ1n) is 8.45. The van der Waals surface area contributed by atoms with E-state index in [-0.39, 0.29) is 17.8 Å². The van der Waals surface area contributed by atoms with Crippen molar-refractivity contribution < 1.29 is 9.18 Å². The Balaban J connectivity index is 1.75. The number of halogens is 1. The third kappa shape index (κ3) is 2.99. The number of rotatable bonds is 4. The van der Waals surface area contributed by atoms with Crippen molar-refractivity contribution >= 4 is 11.6 Å². The van der Waals surface area contributed by atoms with Gasteiger partial charge in [0, 0.05) is 17.3 Å². The van der Waals surface area contributed by atoms with Crippen molar-refractivity contribution in [3.8, 4) is 11.3 Å². The van der Waals surface area contributed by atoms with Crippen LogP contribution in [0.25, 0.3) is 16.9 Å². The van der Waals surface area contributed by atoms with Crippen molar-refractivity contribution in [1.82, 2.24) is 19.9 Å². The summed E-state index contributed by atoms with van der Waals surface area (Å²) >= 11 is 0. The molecule has 0 aliphatic heterocycles. The maximum absolute atomic E-state index is 13.2. The van der Waals surface area contributed by atoms with E-state index in [9.17, 15) is 9.18 Å². The number of aromatic nitrogens is 3. The fourth-order valence-electron chi connectivity index (χ4n) is 3.07. The molecule has 6 heteroatoms. The van der Waals surface area contributed by atoms with Gasteiger partial charge in [-0.25, -0.2) is 13.9 Å². The highest BCUT2D eigenvalue weighted by Crippen LogP contribution is 2.32. The minimum atomic E-state index is -0.291. The lowest BCUT2D eigenvalue weighted by Crippen LogP contribution is -2.34. The van der Waals surface area contributed by atoms with E-state index in [1.807, 2.05) is 19.9 Å². The zero-order chi connectivity index (χ0) is 17.6. The Bertz CT molecular complexity index is 944. The van der Waals surface area contributed by atoms with Crippen molar-refractivity contribution in [2.45, 2.75) is 32.7 Å². The number of hydrogen-bond acceptors (Lipinski definition) is 3. The van der Waals surface area contributed by atoms with Crippen LogP contribution in [0.1, 0.15) is 35.8 Å². The highest BCUT2D eigenvalue weighted by Gasteiger charge is 2.30. The summed E-state index contributed by atoms with van der Waals surface area (Å²) in [5.74, 6) is 0.133. The number of nitrogens with one attached hydrogen (secondary N) is 1.